The predicted molar refractivity (Wildman–Crippen MR) is 94.5 cm³/mol. The van der Waals surface area contributed by atoms with Crippen LogP contribution in [0.15, 0.2) is 41.7 Å². The van der Waals surface area contributed by atoms with E-state index in [1.54, 1.807) is 39.2 Å². The van der Waals surface area contributed by atoms with Gasteiger partial charge in [0.15, 0.2) is 0 Å². The number of aromatic nitrogens is 2. The number of rotatable bonds is 3. The van der Waals surface area contributed by atoms with Gasteiger partial charge in [0, 0.05) is 17.1 Å². The molecule has 2 aromatic rings. The van der Waals surface area contributed by atoms with Gasteiger partial charge < -0.3 is 14.6 Å². The summed E-state index contributed by atoms with van der Waals surface area (Å²) in [6, 6.07) is 7.37. The summed E-state index contributed by atoms with van der Waals surface area (Å²) >= 11 is 0. The minimum atomic E-state index is -0.746. The van der Waals surface area contributed by atoms with Gasteiger partial charge in [0.2, 0.25) is 0 Å². The van der Waals surface area contributed by atoms with Gasteiger partial charge in [-0.05, 0) is 64.5 Å². The van der Waals surface area contributed by atoms with Crippen molar-refractivity contribution in [2.45, 2.75) is 40.2 Å². The monoisotopic (exact) mass is 339 g/mol. The summed E-state index contributed by atoms with van der Waals surface area (Å²) in [6.45, 7) is 9.24. The van der Waals surface area contributed by atoms with Crippen molar-refractivity contribution in [3.05, 3.63) is 53.1 Å². The van der Waals surface area contributed by atoms with Crippen LogP contribution in [0.4, 0.5) is 5.69 Å². The normalized spacial score (nSPS) is 16.1. The molecule has 0 spiro atoms. The fourth-order valence-corrected chi connectivity index (χ4v) is 2.73. The van der Waals surface area contributed by atoms with E-state index in [9.17, 15) is 9.59 Å². The molecule has 0 bridgehead atoms. The molecule has 0 fully saturated rings. The number of esters is 1. The van der Waals surface area contributed by atoms with Crippen molar-refractivity contribution in [1.29, 1.82) is 0 Å². The molecule has 0 atom stereocenters. The largest absolute Gasteiger partial charge is 0.451 e. The van der Waals surface area contributed by atoms with Crippen LogP contribution in [0.1, 0.15) is 32.2 Å². The Bertz CT molecular complexity index is 889. The number of carbonyl (C=O) groups excluding carboxylic acids is 2. The lowest BCUT2D eigenvalue weighted by Gasteiger charge is -2.17. The van der Waals surface area contributed by atoms with Crippen molar-refractivity contribution in [3.63, 3.8) is 0 Å². The molecule has 0 saturated carbocycles. The summed E-state index contributed by atoms with van der Waals surface area (Å²) in [5, 5.41) is 2.76. The molecular formula is C19H21N3O3. The maximum absolute atomic E-state index is 12.5. The number of imidazole rings is 1. The third-order valence-corrected chi connectivity index (χ3v) is 4.71. The highest BCUT2D eigenvalue weighted by atomic mass is 16.6. The molecule has 0 aliphatic carbocycles. The number of anilines is 1. The first kappa shape index (κ1) is 17.0. The third-order valence-electron chi connectivity index (χ3n) is 4.71. The Balaban J connectivity index is 1.80. The van der Waals surface area contributed by atoms with Crippen molar-refractivity contribution in [2.24, 2.45) is 0 Å². The molecule has 0 radical (unpaired) electrons. The van der Waals surface area contributed by atoms with Gasteiger partial charge in [-0.25, -0.2) is 9.78 Å². The number of nitrogens with one attached hydrogen (secondary N) is 1. The molecule has 6 heteroatoms. The summed E-state index contributed by atoms with van der Waals surface area (Å²) in [4.78, 5) is 28.7. The van der Waals surface area contributed by atoms with Gasteiger partial charge in [-0.2, -0.15) is 0 Å². The lowest BCUT2D eigenvalue weighted by Crippen LogP contribution is -2.21. The molecule has 0 saturated heterocycles. The van der Waals surface area contributed by atoms with Crippen LogP contribution in [-0.4, -0.2) is 27.0 Å². The highest BCUT2D eigenvalue weighted by molar-refractivity contribution is 6.23. The summed E-state index contributed by atoms with van der Waals surface area (Å²) in [7, 11) is 0. The Morgan fingerprint density at radius 1 is 1.16 bits per heavy atom. The Morgan fingerprint density at radius 3 is 2.28 bits per heavy atom. The molecule has 2 heterocycles. The van der Waals surface area contributed by atoms with Crippen LogP contribution in [0.3, 0.4) is 0 Å². The summed E-state index contributed by atoms with van der Waals surface area (Å²) in [5.74, 6) is -1.03. The SMILES string of the molecule is CC1=C(C(=O)Nc2ccc(-n3cnc(C)c3C)cc2)C(=O)OC1(C)C. The Morgan fingerprint density at radius 2 is 1.80 bits per heavy atom. The minimum absolute atomic E-state index is 0.0788. The number of hydrogen-bond acceptors (Lipinski definition) is 4. The van der Waals surface area contributed by atoms with Gasteiger partial charge in [-0.1, -0.05) is 0 Å². The summed E-state index contributed by atoms with van der Waals surface area (Å²) in [5.41, 5.74) is 3.57. The van der Waals surface area contributed by atoms with Gasteiger partial charge in [0.25, 0.3) is 5.91 Å². The first-order chi connectivity index (χ1) is 11.7. The standard InChI is InChI=1S/C19H21N3O3/c1-11-16(18(24)25-19(11,4)5)17(23)21-14-6-8-15(9-7-14)22-10-20-12(2)13(22)3/h6-10H,1-5H3,(H,21,23). The van der Waals surface area contributed by atoms with E-state index in [2.05, 4.69) is 10.3 Å². The highest BCUT2D eigenvalue weighted by Crippen LogP contribution is 2.32. The number of benzene rings is 1. The van der Waals surface area contributed by atoms with Gasteiger partial charge in [0.05, 0.1) is 12.0 Å². The van der Waals surface area contributed by atoms with Gasteiger partial charge in [0.1, 0.15) is 11.2 Å². The lowest BCUT2D eigenvalue weighted by molar-refractivity contribution is -0.145. The number of cyclic esters (lactones) is 1. The van der Waals surface area contributed by atoms with E-state index in [-0.39, 0.29) is 5.57 Å². The molecule has 25 heavy (non-hydrogen) atoms. The zero-order chi connectivity index (χ0) is 18.4. The first-order valence-corrected chi connectivity index (χ1v) is 8.08. The van der Waals surface area contributed by atoms with Crippen LogP contribution in [-0.2, 0) is 14.3 Å². The zero-order valence-corrected chi connectivity index (χ0v) is 15.0. The zero-order valence-electron chi connectivity index (χ0n) is 15.0. The quantitative estimate of drug-likeness (QED) is 0.689. The van der Waals surface area contributed by atoms with E-state index in [0.29, 0.717) is 11.3 Å². The van der Waals surface area contributed by atoms with E-state index in [1.807, 2.05) is 30.5 Å². The number of nitrogens with zero attached hydrogens (tertiary/aromatic N) is 2. The molecule has 6 nitrogen and oxygen atoms in total. The highest BCUT2D eigenvalue weighted by Gasteiger charge is 2.40. The molecule has 1 aromatic carbocycles. The molecule has 1 amide bonds. The Labute approximate surface area is 146 Å². The van der Waals surface area contributed by atoms with Crippen LogP contribution >= 0.6 is 0 Å². The van der Waals surface area contributed by atoms with Gasteiger partial charge in [-0.3, -0.25) is 4.79 Å². The fourth-order valence-electron chi connectivity index (χ4n) is 2.73. The molecule has 1 aromatic heterocycles. The molecule has 3 rings (SSSR count). The second-order valence-electron chi connectivity index (χ2n) is 6.69. The van der Waals surface area contributed by atoms with Crippen molar-refractivity contribution in [3.8, 4) is 5.69 Å². The fraction of sp³-hybridized carbons (Fsp3) is 0.316. The molecule has 0 unspecified atom stereocenters. The summed E-state index contributed by atoms with van der Waals surface area (Å²) in [6.07, 6.45) is 1.77. The van der Waals surface area contributed by atoms with E-state index < -0.39 is 17.5 Å². The first-order valence-electron chi connectivity index (χ1n) is 8.08. The lowest BCUT2D eigenvalue weighted by atomic mass is 9.97. The minimum Gasteiger partial charge on any atom is -0.451 e. The number of ether oxygens (including phenoxy) is 1. The Kier molecular flexibility index (Phi) is 3.99. The van der Waals surface area contributed by atoms with E-state index in [4.69, 9.17) is 4.74 Å². The topological polar surface area (TPSA) is 73.2 Å². The van der Waals surface area contributed by atoms with Crippen molar-refractivity contribution in [2.75, 3.05) is 5.32 Å². The van der Waals surface area contributed by atoms with Crippen LogP contribution in [0, 0.1) is 13.8 Å². The number of aryl methyl sites for hydroxylation is 1. The maximum atomic E-state index is 12.5. The number of amides is 1. The third kappa shape index (κ3) is 2.95. The smallest absolute Gasteiger partial charge is 0.344 e. The number of carbonyl (C=O) groups is 2. The van der Waals surface area contributed by atoms with Crippen LogP contribution in [0.2, 0.25) is 0 Å². The molecule has 1 N–H and O–H groups in total. The van der Waals surface area contributed by atoms with Crippen molar-refractivity contribution < 1.29 is 14.3 Å². The molecule has 1 aliphatic rings. The van der Waals surface area contributed by atoms with E-state index in [0.717, 1.165) is 17.1 Å². The average Bonchev–Trinajstić information content (AvgIpc) is 2.97. The van der Waals surface area contributed by atoms with Crippen LogP contribution in [0.25, 0.3) is 5.69 Å². The van der Waals surface area contributed by atoms with Crippen molar-refractivity contribution >= 4 is 17.6 Å². The van der Waals surface area contributed by atoms with E-state index in [1.165, 1.54) is 0 Å². The second kappa shape index (κ2) is 5.88. The second-order valence-corrected chi connectivity index (χ2v) is 6.69. The summed E-state index contributed by atoms with van der Waals surface area (Å²) < 4.78 is 7.22. The maximum Gasteiger partial charge on any atom is 0.344 e. The molecule has 130 valence electrons. The molecule has 1 aliphatic heterocycles. The molecular weight excluding hydrogens is 318 g/mol. The Hall–Kier alpha value is -2.89. The van der Waals surface area contributed by atoms with E-state index >= 15 is 0 Å². The number of hydrogen-bond donors (Lipinski definition) is 1. The van der Waals surface area contributed by atoms with Crippen LogP contribution in [0.5, 0.6) is 0 Å². The van der Waals surface area contributed by atoms with Gasteiger partial charge in [-0.15, -0.1) is 0 Å². The van der Waals surface area contributed by atoms with Gasteiger partial charge >= 0.3 is 5.97 Å². The predicted octanol–water partition coefficient (Wildman–Crippen LogP) is 3.08. The average molecular weight is 339 g/mol. The van der Waals surface area contributed by atoms with Crippen LogP contribution < -0.4 is 5.32 Å². The van der Waals surface area contributed by atoms with Crippen molar-refractivity contribution in [1.82, 2.24) is 9.55 Å².